The number of halogens is 3. The summed E-state index contributed by atoms with van der Waals surface area (Å²) in [5.41, 5.74) is 1.04. The van der Waals surface area contributed by atoms with Crippen LogP contribution in [0.1, 0.15) is 28.8 Å². The fraction of sp³-hybridized carbons (Fsp3) is 0.273. The van der Waals surface area contributed by atoms with E-state index in [1.54, 1.807) is 48.5 Å². The Bertz CT molecular complexity index is 942. The van der Waals surface area contributed by atoms with Crippen molar-refractivity contribution >= 4 is 57.3 Å². The quantitative estimate of drug-likeness (QED) is 0.0921. The summed E-state index contributed by atoms with van der Waals surface area (Å²) in [5, 5.41) is 0. The third-order valence-electron chi connectivity index (χ3n) is 4.22. The van der Waals surface area contributed by atoms with Crippen molar-refractivity contribution in [2.45, 2.75) is 18.9 Å². The molecule has 172 valence electrons. The van der Waals surface area contributed by atoms with E-state index in [2.05, 4.69) is 4.74 Å². The number of benzene rings is 2. The molecule has 0 saturated carbocycles. The number of carbonyl (C=O) groups is 2. The molecule has 0 bridgehead atoms. The predicted octanol–water partition coefficient (Wildman–Crippen LogP) is 5.91. The molecule has 0 aliphatic carbocycles. The Labute approximate surface area is 202 Å². The van der Waals surface area contributed by atoms with Crippen molar-refractivity contribution in [3.05, 3.63) is 59.7 Å². The molecule has 0 saturated heterocycles. The number of methoxy groups -OCH3 is 2. The zero-order chi connectivity index (χ0) is 23.6. The molecule has 0 radical (unpaired) electrons. The van der Waals surface area contributed by atoms with E-state index in [-0.39, 0.29) is 5.75 Å². The van der Waals surface area contributed by atoms with Gasteiger partial charge in [-0.3, -0.25) is 0 Å². The van der Waals surface area contributed by atoms with Gasteiger partial charge < -0.3 is 18.9 Å². The molecule has 0 fully saturated rings. The second-order valence-electron chi connectivity index (χ2n) is 6.60. The Balaban J connectivity index is 1.93. The minimum absolute atomic E-state index is 0.255. The third kappa shape index (κ3) is 9.12. The molecular formula is C22H23Cl3O6Si. The summed E-state index contributed by atoms with van der Waals surface area (Å²) in [5.74, 6) is 0.220. The van der Waals surface area contributed by atoms with Crippen LogP contribution in [0, 0.1) is 0 Å². The number of esters is 2. The highest BCUT2D eigenvalue weighted by atomic mass is 35.8. The molecule has 10 heteroatoms. The van der Waals surface area contributed by atoms with E-state index >= 15 is 0 Å². The van der Waals surface area contributed by atoms with Crippen LogP contribution in [0.2, 0.25) is 6.04 Å². The molecule has 0 N–H and O–H groups in total. The van der Waals surface area contributed by atoms with Gasteiger partial charge in [0.25, 0.3) is 0 Å². The monoisotopic (exact) mass is 516 g/mol. The van der Waals surface area contributed by atoms with Crippen LogP contribution < -0.4 is 14.2 Å². The topological polar surface area (TPSA) is 71.1 Å². The van der Waals surface area contributed by atoms with Gasteiger partial charge in [0.2, 0.25) is 0 Å². The van der Waals surface area contributed by atoms with Crippen molar-refractivity contribution in [2.75, 3.05) is 20.8 Å². The van der Waals surface area contributed by atoms with Crippen molar-refractivity contribution in [2.24, 2.45) is 0 Å². The SMILES string of the molecule is COC(=O)/C=C/c1ccc(OC(=O)c2ccc(OCCCC[Si](Cl)(Cl)Cl)cc2)c(OC)c1. The highest BCUT2D eigenvalue weighted by molar-refractivity contribution is 7.64. The van der Waals surface area contributed by atoms with E-state index in [9.17, 15) is 9.59 Å². The van der Waals surface area contributed by atoms with E-state index in [1.165, 1.54) is 20.3 Å². The number of rotatable bonds is 11. The number of hydrogen-bond donors (Lipinski definition) is 0. The molecule has 2 aromatic carbocycles. The average molecular weight is 518 g/mol. The average Bonchev–Trinajstić information content (AvgIpc) is 2.77. The molecule has 2 rings (SSSR count). The second-order valence-corrected chi connectivity index (χ2v) is 15.9. The maximum atomic E-state index is 12.5. The Hall–Kier alpha value is -2.19. The summed E-state index contributed by atoms with van der Waals surface area (Å²) < 4.78 is 20.9. The lowest BCUT2D eigenvalue weighted by Gasteiger charge is -2.11. The first kappa shape index (κ1) is 26.1. The maximum Gasteiger partial charge on any atom is 0.343 e. The van der Waals surface area contributed by atoms with Crippen LogP contribution in [0.15, 0.2) is 48.5 Å². The van der Waals surface area contributed by atoms with Gasteiger partial charge in [-0.05, 0) is 66.9 Å². The maximum absolute atomic E-state index is 12.5. The normalized spacial score (nSPS) is 11.3. The van der Waals surface area contributed by atoms with E-state index < -0.39 is 17.9 Å². The van der Waals surface area contributed by atoms with Gasteiger partial charge in [0.05, 0.1) is 26.4 Å². The second kappa shape index (κ2) is 12.7. The smallest absolute Gasteiger partial charge is 0.343 e. The molecular weight excluding hydrogens is 495 g/mol. The van der Waals surface area contributed by atoms with Crippen LogP contribution in [0.3, 0.4) is 0 Å². The molecule has 0 aliphatic rings. The Morgan fingerprint density at radius 2 is 1.69 bits per heavy atom. The summed E-state index contributed by atoms with van der Waals surface area (Å²) in [6, 6.07) is 9.55. The fourth-order valence-electron chi connectivity index (χ4n) is 2.57. The third-order valence-corrected chi connectivity index (χ3v) is 6.84. The van der Waals surface area contributed by atoms with Crippen LogP contribution in [0.25, 0.3) is 6.08 Å². The van der Waals surface area contributed by atoms with Gasteiger partial charge in [-0.15, -0.1) is 33.2 Å². The van der Waals surface area contributed by atoms with Gasteiger partial charge >= 0.3 is 17.9 Å². The first-order chi connectivity index (χ1) is 15.2. The van der Waals surface area contributed by atoms with E-state index in [1.807, 2.05) is 0 Å². The molecule has 0 unspecified atom stereocenters. The van der Waals surface area contributed by atoms with Crippen LogP contribution in [-0.2, 0) is 9.53 Å². The van der Waals surface area contributed by atoms with E-state index in [0.717, 1.165) is 12.8 Å². The number of unbranched alkanes of at least 4 members (excludes halogenated alkanes) is 1. The van der Waals surface area contributed by atoms with Crippen LogP contribution in [0.4, 0.5) is 0 Å². The molecule has 0 amide bonds. The summed E-state index contributed by atoms with van der Waals surface area (Å²) in [7, 11) is 2.76. The lowest BCUT2D eigenvalue weighted by atomic mass is 10.2. The zero-order valence-corrected chi connectivity index (χ0v) is 20.9. The van der Waals surface area contributed by atoms with E-state index in [0.29, 0.717) is 35.3 Å². The first-order valence-corrected chi connectivity index (χ1v) is 14.9. The Kier molecular flexibility index (Phi) is 10.4. The number of carbonyl (C=O) groups excluding carboxylic acids is 2. The van der Waals surface area contributed by atoms with Gasteiger partial charge in [-0.2, -0.15) is 0 Å². The predicted molar refractivity (Wildman–Crippen MR) is 128 cm³/mol. The molecule has 32 heavy (non-hydrogen) atoms. The van der Waals surface area contributed by atoms with Crippen molar-refractivity contribution in [3.63, 3.8) is 0 Å². The van der Waals surface area contributed by atoms with Gasteiger partial charge in [0.1, 0.15) is 5.75 Å². The Morgan fingerprint density at radius 3 is 2.31 bits per heavy atom. The minimum Gasteiger partial charge on any atom is -0.494 e. The molecule has 2 aromatic rings. The summed E-state index contributed by atoms with van der Waals surface area (Å²) in [4.78, 5) is 23.7. The van der Waals surface area contributed by atoms with Crippen LogP contribution >= 0.6 is 33.2 Å². The lowest BCUT2D eigenvalue weighted by molar-refractivity contribution is -0.134. The fourth-order valence-corrected chi connectivity index (χ4v) is 4.42. The molecule has 0 spiro atoms. The van der Waals surface area contributed by atoms with Crippen molar-refractivity contribution < 1.29 is 28.5 Å². The Morgan fingerprint density at radius 1 is 0.969 bits per heavy atom. The lowest BCUT2D eigenvalue weighted by Crippen LogP contribution is -2.10. The first-order valence-electron chi connectivity index (χ1n) is 9.67. The zero-order valence-electron chi connectivity index (χ0n) is 17.6. The van der Waals surface area contributed by atoms with Gasteiger partial charge in [-0.25, -0.2) is 9.59 Å². The van der Waals surface area contributed by atoms with Crippen LogP contribution in [0.5, 0.6) is 17.2 Å². The molecule has 0 heterocycles. The van der Waals surface area contributed by atoms with Gasteiger partial charge in [-0.1, -0.05) is 6.07 Å². The molecule has 6 nitrogen and oxygen atoms in total. The van der Waals surface area contributed by atoms with E-state index in [4.69, 9.17) is 47.4 Å². The highest BCUT2D eigenvalue weighted by Crippen LogP contribution is 2.30. The molecule has 0 atom stereocenters. The van der Waals surface area contributed by atoms with Gasteiger partial charge in [0, 0.05) is 6.08 Å². The van der Waals surface area contributed by atoms with Crippen molar-refractivity contribution in [1.82, 2.24) is 0 Å². The van der Waals surface area contributed by atoms with Crippen molar-refractivity contribution in [1.29, 1.82) is 0 Å². The summed E-state index contributed by atoms with van der Waals surface area (Å²) in [6.45, 7) is 0.493. The summed E-state index contributed by atoms with van der Waals surface area (Å²) >= 11 is 17.5. The standard InChI is InChI=1S/C22H23Cl3O6Si/c1-28-20-15-16(6-12-21(26)29-2)5-11-19(20)31-22(27)17-7-9-18(10-8-17)30-13-3-4-14-32(23,24)25/h5-12,15H,3-4,13-14H2,1-2H3/b12-6+. The van der Waals surface area contributed by atoms with Crippen molar-refractivity contribution in [3.8, 4) is 17.2 Å². The highest BCUT2D eigenvalue weighted by Gasteiger charge is 2.23. The molecule has 0 aromatic heterocycles. The number of ether oxygens (including phenoxy) is 4. The largest absolute Gasteiger partial charge is 0.494 e. The summed E-state index contributed by atoms with van der Waals surface area (Å²) in [6.07, 6.45) is 4.41. The molecule has 0 aliphatic heterocycles. The number of hydrogen-bond acceptors (Lipinski definition) is 6. The minimum atomic E-state index is -2.58. The van der Waals surface area contributed by atoms with Crippen LogP contribution in [-0.4, -0.2) is 38.8 Å². The van der Waals surface area contributed by atoms with Gasteiger partial charge in [0.15, 0.2) is 11.5 Å².